The largest absolute Gasteiger partial charge is 0.466 e. The van der Waals surface area contributed by atoms with Crippen molar-refractivity contribution in [2.75, 3.05) is 40.5 Å². The summed E-state index contributed by atoms with van der Waals surface area (Å²) in [6.07, 6.45) is 3.11. The lowest BCUT2D eigenvalue weighted by Crippen LogP contribution is -2.22. The molecule has 0 bridgehead atoms. The van der Waals surface area contributed by atoms with Gasteiger partial charge in [-0.15, -0.1) is 0 Å². The first-order valence-electron chi connectivity index (χ1n) is 5.63. The van der Waals surface area contributed by atoms with E-state index < -0.39 is 0 Å². The fraction of sp³-hybridized carbons (Fsp3) is 0.750. The van der Waals surface area contributed by atoms with Crippen molar-refractivity contribution in [3.8, 4) is 0 Å². The van der Waals surface area contributed by atoms with Gasteiger partial charge in [-0.3, -0.25) is 4.90 Å². The highest BCUT2D eigenvalue weighted by Crippen LogP contribution is 2.16. The van der Waals surface area contributed by atoms with Gasteiger partial charge < -0.3 is 9.47 Å². The van der Waals surface area contributed by atoms with Gasteiger partial charge in [0.2, 0.25) is 0 Å². The molecule has 1 unspecified atom stereocenters. The topological polar surface area (TPSA) is 38.8 Å². The maximum absolute atomic E-state index is 11.2. The van der Waals surface area contributed by atoms with Crippen LogP contribution in [0.3, 0.4) is 0 Å². The minimum Gasteiger partial charge on any atom is -0.466 e. The number of hydrogen-bond donors (Lipinski definition) is 0. The maximum Gasteiger partial charge on any atom is 0.333 e. The predicted molar refractivity (Wildman–Crippen MR) is 62.2 cm³/mol. The van der Waals surface area contributed by atoms with Crippen LogP contribution in [0.2, 0.25) is 0 Å². The Morgan fingerprint density at radius 1 is 1.50 bits per heavy atom. The van der Waals surface area contributed by atoms with E-state index in [9.17, 15) is 4.79 Å². The molecule has 0 aromatic carbocycles. The number of likely N-dealkylation sites (tertiary alicyclic amines) is 1. The highest BCUT2D eigenvalue weighted by atomic mass is 16.5. The number of methoxy groups -OCH3 is 2. The Balaban J connectivity index is 2.31. The van der Waals surface area contributed by atoms with E-state index in [0.29, 0.717) is 11.5 Å². The lowest BCUT2D eigenvalue weighted by molar-refractivity contribution is -0.136. The molecule has 0 saturated carbocycles. The Bertz CT molecular complexity index is 263. The minimum absolute atomic E-state index is 0.243. The standard InChI is InChI=1S/C12H21NO3/c1-10(12(14)16-3)4-6-13-7-5-11(8-13)9-15-2/h4,11H,5-9H2,1-3H3. The fourth-order valence-corrected chi connectivity index (χ4v) is 1.96. The van der Waals surface area contributed by atoms with Crippen molar-refractivity contribution in [3.63, 3.8) is 0 Å². The molecule has 0 N–H and O–H groups in total. The Hall–Kier alpha value is -0.870. The van der Waals surface area contributed by atoms with Crippen LogP contribution in [0.1, 0.15) is 13.3 Å². The molecular formula is C12H21NO3. The molecule has 0 spiro atoms. The Morgan fingerprint density at radius 3 is 2.88 bits per heavy atom. The molecule has 0 radical (unpaired) electrons. The second kappa shape index (κ2) is 6.66. The third-order valence-corrected chi connectivity index (χ3v) is 2.94. The first kappa shape index (κ1) is 13.2. The van der Waals surface area contributed by atoms with E-state index in [1.807, 2.05) is 6.08 Å². The smallest absolute Gasteiger partial charge is 0.333 e. The lowest BCUT2D eigenvalue weighted by atomic mass is 10.1. The van der Waals surface area contributed by atoms with Gasteiger partial charge in [0.05, 0.1) is 13.7 Å². The summed E-state index contributed by atoms with van der Waals surface area (Å²) < 4.78 is 9.78. The summed E-state index contributed by atoms with van der Waals surface area (Å²) >= 11 is 0. The number of hydrogen-bond acceptors (Lipinski definition) is 4. The van der Waals surface area contributed by atoms with Gasteiger partial charge in [0.1, 0.15) is 0 Å². The molecule has 1 aliphatic heterocycles. The van der Waals surface area contributed by atoms with Gasteiger partial charge in [-0.25, -0.2) is 4.79 Å². The van der Waals surface area contributed by atoms with Crippen LogP contribution in [0.5, 0.6) is 0 Å². The summed E-state index contributed by atoms with van der Waals surface area (Å²) in [4.78, 5) is 13.5. The highest BCUT2D eigenvalue weighted by Gasteiger charge is 2.21. The van der Waals surface area contributed by atoms with Crippen LogP contribution in [0.4, 0.5) is 0 Å². The van der Waals surface area contributed by atoms with Crippen LogP contribution in [0.15, 0.2) is 11.6 Å². The van der Waals surface area contributed by atoms with E-state index in [4.69, 9.17) is 4.74 Å². The van der Waals surface area contributed by atoms with Crippen LogP contribution in [-0.2, 0) is 14.3 Å². The summed E-state index contributed by atoms with van der Waals surface area (Å²) in [5.74, 6) is 0.393. The fourth-order valence-electron chi connectivity index (χ4n) is 1.96. The van der Waals surface area contributed by atoms with Crippen molar-refractivity contribution in [2.24, 2.45) is 5.92 Å². The SMILES string of the molecule is COCC1CCN(CC=C(C)C(=O)OC)C1. The third-order valence-electron chi connectivity index (χ3n) is 2.94. The van der Waals surface area contributed by atoms with Gasteiger partial charge in [0.15, 0.2) is 0 Å². The van der Waals surface area contributed by atoms with Crippen LogP contribution in [0, 0.1) is 5.92 Å². The molecule has 1 rings (SSSR count). The molecular weight excluding hydrogens is 206 g/mol. The number of carbonyl (C=O) groups excluding carboxylic acids is 1. The molecule has 0 aliphatic carbocycles. The van der Waals surface area contributed by atoms with Gasteiger partial charge in [0.25, 0.3) is 0 Å². The molecule has 1 heterocycles. The predicted octanol–water partition coefficient (Wildman–Crippen LogP) is 1.07. The van der Waals surface area contributed by atoms with Crippen molar-refractivity contribution in [3.05, 3.63) is 11.6 Å². The van der Waals surface area contributed by atoms with Crippen LogP contribution < -0.4 is 0 Å². The van der Waals surface area contributed by atoms with Crippen LogP contribution >= 0.6 is 0 Å². The zero-order valence-electron chi connectivity index (χ0n) is 10.4. The van der Waals surface area contributed by atoms with Crippen LogP contribution in [-0.4, -0.2) is 51.3 Å². The van der Waals surface area contributed by atoms with Gasteiger partial charge in [0, 0.05) is 25.8 Å². The quantitative estimate of drug-likeness (QED) is 0.520. The Morgan fingerprint density at radius 2 is 2.25 bits per heavy atom. The average molecular weight is 227 g/mol. The molecule has 1 saturated heterocycles. The van der Waals surface area contributed by atoms with Crippen LogP contribution in [0.25, 0.3) is 0 Å². The van der Waals surface area contributed by atoms with Crippen molar-refractivity contribution >= 4 is 5.97 Å². The first-order chi connectivity index (χ1) is 7.67. The maximum atomic E-state index is 11.2. The summed E-state index contributed by atoms with van der Waals surface area (Å²) in [6, 6.07) is 0. The van der Waals surface area contributed by atoms with E-state index in [2.05, 4.69) is 9.64 Å². The molecule has 0 aromatic rings. The van der Waals surface area contributed by atoms with E-state index in [1.165, 1.54) is 13.5 Å². The van der Waals surface area contributed by atoms with Gasteiger partial charge in [-0.05, 0) is 25.8 Å². The normalized spacial score (nSPS) is 22.4. The molecule has 1 aliphatic rings. The third kappa shape index (κ3) is 3.94. The zero-order valence-corrected chi connectivity index (χ0v) is 10.4. The average Bonchev–Trinajstić information content (AvgIpc) is 2.73. The minimum atomic E-state index is -0.243. The summed E-state index contributed by atoms with van der Waals surface area (Å²) in [6.45, 7) is 5.57. The van der Waals surface area contributed by atoms with Gasteiger partial charge >= 0.3 is 5.97 Å². The lowest BCUT2D eigenvalue weighted by Gasteiger charge is -2.13. The second-order valence-corrected chi connectivity index (χ2v) is 4.25. The molecule has 92 valence electrons. The molecule has 4 heteroatoms. The number of rotatable bonds is 5. The molecule has 1 fully saturated rings. The second-order valence-electron chi connectivity index (χ2n) is 4.25. The summed E-state index contributed by atoms with van der Waals surface area (Å²) in [7, 11) is 3.15. The van der Waals surface area contributed by atoms with E-state index in [1.54, 1.807) is 14.0 Å². The monoisotopic (exact) mass is 227 g/mol. The highest BCUT2D eigenvalue weighted by molar-refractivity contribution is 5.87. The van der Waals surface area contributed by atoms with Gasteiger partial charge in [-0.2, -0.15) is 0 Å². The number of carbonyl (C=O) groups is 1. The van der Waals surface area contributed by atoms with E-state index in [0.717, 1.165) is 26.2 Å². The zero-order chi connectivity index (χ0) is 12.0. The Kier molecular flexibility index (Phi) is 5.49. The summed E-state index contributed by atoms with van der Waals surface area (Å²) in [5.41, 5.74) is 0.678. The number of nitrogens with zero attached hydrogens (tertiary/aromatic N) is 1. The first-order valence-corrected chi connectivity index (χ1v) is 5.63. The van der Waals surface area contributed by atoms with Crippen molar-refractivity contribution < 1.29 is 14.3 Å². The Labute approximate surface area is 97.2 Å². The van der Waals surface area contributed by atoms with Gasteiger partial charge in [-0.1, -0.05) is 6.08 Å². The number of esters is 1. The molecule has 4 nitrogen and oxygen atoms in total. The molecule has 0 aromatic heterocycles. The summed E-state index contributed by atoms with van der Waals surface area (Å²) in [5, 5.41) is 0. The van der Waals surface area contributed by atoms with Crippen molar-refractivity contribution in [2.45, 2.75) is 13.3 Å². The number of ether oxygens (including phenoxy) is 2. The van der Waals surface area contributed by atoms with Crippen molar-refractivity contribution in [1.29, 1.82) is 0 Å². The molecule has 16 heavy (non-hydrogen) atoms. The molecule has 0 amide bonds. The van der Waals surface area contributed by atoms with Crippen molar-refractivity contribution in [1.82, 2.24) is 4.90 Å². The van der Waals surface area contributed by atoms with E-state index >= 15 is 0 Å². The van der Waals surface area contributed by atoms with E-state index in [-0.39, 0.29) is 5.97 Å². The molecule has 1 atom stereocenters.